The maximum atomic E-state index is 12.4. The molecule has 0 aromatic heterocycles. The van der Waals surface area contributed by atoms with Crippen LogP contribution >= 0.6 is 0 Å². The van der Waals surface area contributed by atoms with Crippen LogP contribution in [0.1, 0.15) is 16.7 Å². The second-order valence-electron chi connectivity index (χ2n) is 7.09. The first kappa shape index (κ1) is 19.1. The van der Waals surface area contributed by atoms with Crippen molar-refractivity contribution in [3.63, 3.8) is 0 Å². The van der Waals surface area contributed by atoms with E-state index in [9.17, 15) is 4.79 Å². The summed E-state index contributed by atoms with van der Waals surface area (Å²) in [6.45, 7) is 8.16. The lowest BCUT2D eigenvalue weighted by Crippen LogP contribution is -2.52. The van der Waals surface area contributed by atoms with Crippen molar-refractivity contribution in [3.05, 3.63) is 59.2 Å². The Balaban J connectivity index is 1.44. The molecule has 144 valence electrons. The number of amides is 2. The number of hydrogen-bond donors (Lipinski definition) is 1. The number of carbonyl (C=O) groups excluding carboxylic acids is 1. The van der Waals surface area contributed by atoms with E-state index in [2.05, 4.69) is 42.3 Å². The highest BCUT2D eigenvalue weighted by molar-refractivity contribution is 5.74. The van der Waals surface area contributed by atoms with Gasteiger partial charge in [0.2, 0.25) is 0 Å². The second kappa shape index (κ2) is 8.80. The fourth-order valence-electron chi connectivity index (χ4n) is 3.53. The highest BCUT2D eigenvalue weighted by Gasteiger charge is 2.21. The zero-order valence-corrected chi connectivity index (χ0v) is 16.5. The molecule has 3 rings (SSSR count). The van der Waals surface area contributed by atoms with Gasteiger partial charge in [0.15, 0.2) is 0 Å². The number of anilines is 1. The molecule has 0 saturated carbocycles. The molecule has 2 aromatic carbocycles. The average molecular weight is 367 g/mol. The van der Waals surface area contributed by atoms with Crippen LogP contribution in [0.15, 0.2) is 42.5 Å². The van der Waals surface area contributed by atoms with Crippen molar-refractivity contribution in [1.82, 2.24) is 10.2 Å². The number of aryl methyl sites for hydroxylation is 2. The molecule has 2 amide bonds. The van der Waals surface area contributed by atoms with Crippen LogP contribution in [0.4, 0.5) is 10.5 Å². The molecule has 0 atom stereocenters. The summed E-state index contributed by atoms with van der Waals surface area (Å²) in [7, 11) is 1.66. The maximum absolute atomic E-state index is 12.4. The van der Waals surface area contributed by atoms with E-state index in [-0.39, 0.29) is 6.03 Å². The van der Waals surface area contributed by atoms with Gasteiger partial charge in [0.05, 0.1) is 7.11 Å². The molecular weight excluding hydrogens is 338 g/mol. The van der Waals surface area contributed by atoms with E-state index >= 15 is 0 Å². The number of nitrogens with one attached hydrogen (secondary N) is 1. The van der Waals surface area contributed by atoms with Crippen molar-refractivity contribution in [3.8, 4) is 5.75 Å². The zero-order chi connectivity index (χ0) is 19.2. The molecular formula is C22H29N3O2. The van der Waals surface area contributed by atoms with Crippen molar-refractivity contribution in [2.75, 3.05) is 44.7 Å². The third kappa shape index (κ3) is 4.94. The van der Waals surface area contributed by atoms with Gasteiger partial charge in [-0.05, 0) is 49.6 Å². The summed E-state index contributed by atoms with van der Waals surface area (Å²) in [6.07, 6.45) is 0.818. The number of nitrogens with zero attached hydrogens (tertiary/aromatic N) is 2. The molecule has 0 radical (unpaired) electrons. The third-order valence-corrected chi connectivity index (χ3v) is 5.11. The number of urea groups is 1. The van der Waals surface area contributed by atoms with E-state index in [1.54, 1.807) is 7.11 Å². The van der Waals surface area contributed by atoms with Crippen LogP contribution in [-0.4, -0.2) is 50.8 Å². The Bertz CT molecular complexity index is 766. The average Bonchev–Trinajstić information content (AvgIpc) is 2.68. The standard InChI is InChI=1S/C22H29N3O2/c1-17-4-9-21(18(2)16-17)24-12-14-25(15-13-24)22(26)23-11-10-19-5-7-20(27-3)8-6-19/h4-9,16H,10-15H2,1-3H3,(H,23,26). The van der Waals surface area contributed by atoms with Crippen LogP contribution < -0.4 is 15.0 Å². The fraction of sp³-hybridized carbons (Fsp3) is 0.409. The van der Waals surface area contributed by atoms with Crippen LogP contribution in [0.3, 0.4) is 0 Å². The van der Waals surface area contributed by atoms with Crippen LogP contribution in [0.2, 0.25) is 0 Å². The van der Waals surface area contributed by atoms with E-state index in [0.29, 0.717) is 6.54 Å². The SMILES string of the molecule is COc1ccc(CCNC(=O)N2CCN(c3ccc(C)cc3C)CC2)cc1. The molecule has 1 heterocycles. The quantitative estimate of drug-likeness (QED) is 0.881. The highest BCUT2D eigenvalue weighted by Crippen LogP contribution is 2.22. The first-order chi connectivity index (χ1) is 13.1. The molecule has 1 N–H and O–H groups in total. The number of methoxy groups -OCH3 is 1. The predicted molar refractivity (Wildman–Crippen MR) is 110 cm³/mol. The van der Waals surface area contributed by atoms with E-state index < -0.39 is 0 Å². The Morgan fingerprint density at radius 1 is 1.04 bits per heavy atom. The number of carbonyl (C=O) groups is 1. The first-order valence-corrected chi connectivity index (χ1v) is 9.55. The van der Waals surface area contributed by atoms with Gasteiger partial charge < -0.3 is 19.9 Å². The topological polar surface area (TPSA) is 44.8 Å². The molecule has 1 saturated heterocycles. The minimum Gasteiger partial charge on any atom is -0.497 e. The van der Waals surface area contributed by atoms with E-state index in [1.807, 2.05) is 29.2 Å². The summed E-state index contributed by atoms with van der Waals surface area (Å²) in [4.78, 5) is 16.7. The van der Waals surface area contributed by atoms with E-state index in [1.165, 1.54) is 22.4 Å². The summed E-state index contributed by atoms with van der Waals surface area (Å²) in [5.41, 5.74) is 5.05. The minimum absolute atomic E-state index is 0.0313. The van der Waals surface area contributed by atoms with Gasteiger partial charge in [-0.1, -0.05) is 29.8 Å². The molecule has 2 aromatic rings. The van der Waals surface area contributed by atoms with E-state index in [0.717, 1.165) is 38.3 Å². The molecule has 1 aliphatic heterocycles. The van der Waals surface area contributed by atoms with Crippen LogP contribution in [0.25, 0.3) is 0 Å². The number of hydrogen-bond acceptors (Lipinski definition) is 3. The normalized spacial score (nSPS) is 14.2. The monoisotopic (exact) mass is 367 g/mol. The van der Waals surface area contributed by atoms with Gasteiger partial charge in [0, 0.05) is 38.4 Å². The largest absolute Gasteiger partial charge is 0.497 e. The molecule has 5 heteroatoms. The summed E-state index contributed by atoms with van der Waals surface area (Å²) in [6, 6.07) is 14.6. The zero-order valence-electron chi connectivity index (χ0n) is 16.5. The van der Waals surface area contributed by atoms with Gasteiger partial charge in [-0.3, -0.25) is 0 Å². The Kier molecular flexibility index (Phi) is 6.22. The molecule has 0 spiro atoms. The molecule has 0 aliphatic carbocycles. The lowest BCUT2D eigenvalue weighted by molar-refractivity contribution is 0.194. The predicted octanol–water partition coefficient (Wildman–Crippen LogP) is 3.39. The van der Waals surface area contributed by atoms with Crippen LogP contribution in [0.5, 0.6) is 5.75 Å². The maximum Gasteiger partial charge on any atom is 0.317 e. The Labute approximate surface area is 161 Å². The van der Waals surface area contributed by atoms with Crippen molar-refractivity contribution >= 4 is 11.7 Å². The first-order valence-electron chi connectivity index (χ1n) is 9.55. The summed E-state index contributed by atoms with van der Waals surface area (Å²) >= 11 is 0. The van der Waals surface area contributed by atoms with Crippen molar-refractivity contribution < 1.29 is 9.53 Å². The molecule has 1 aliphatic rings. The van der Waals surface area contributed by atoms with Crippen LogP contribution in [-0.2, 0) is 6.42 Å². The Morgan fingerprint density at radius 2 is 1.74 bits per heavy atom. The number of ether oxygens (including phenoxy) is 1. The van der Waals surface area contributed by atoms with Crippen molar-refractivity contribution in [2.45, 2.75) is 20.3 Å². The van der Waals surface area contributed by atoms with Gasteiger partial charge in [0.1, 0.15) is 5.75 Å². The van der Waals surface area contributed by atoms with Gasteiger partial charge in [0.25, 0.3) is 0 Å². The fourth-order valence-corrected chi connectivity index (χ4v) is 3.53. The van der Waals surface area contributed by atoms with Gasteiger partial charge in [-0.25, -0.2) is 4.79 Å². The summed E-state index contributed by atoms with van der Waals surface area (Å²) in [5.74, 6) is 0.851. The number of rotatable bonds is 5. The minimum atomic E-state index is 0.0313. The molecule has 0 unspecified atom stereocenters. The lowest BCUT2D eigenvalue weighted by Gasteiger charge is -2.36. The molecule has 27 heavy (non-hydrogen) atoms. The second-order valence-corrected chi connectivity index (χ2v) is 7.09. The van der Waals surface area contributed by atoms with Gasteiger partial charge in [-0.15, -0.1) is 0 Å². The van der Waals surface area contributed by atoms with Crippen molar-refractivity contribution in [2.24, 2.45) is 0 Å². The molecule has 5 nitrogen and oxygen atoms in total. The number of piperazine rings is 1. The lowest BCUT2D eigenvalue weighted by atomic mass is 10.1. The van der Waals surface area contributed by atoms with E-state index in [4.69, 9.17) is 4.74 Å². The molecule has 1 fully saturated rings. The highest BCUT2D eigenvalue weighted by atomic mass is 16.5. The summed E-state index contributed by atoms with van der Waals surface area (Å²) < 4.78 is 5.16. The third-order valence-electron chi connectivity index (χ3n) is 5.11. The van der Waals surface area contributed by atoms with Gasteiger partial charge >= 0.3 is 6.03 Å². The number of benzene rings is 2. The Morgan fingerprint density at radius 3 is 2.37 bits per heavy atom. The van der Waals surface area contributed by atoms with Crippen molar-refractivity contribution in [1.29, 1.82) is 0 Å². The summed E-state index contributed by atoms with van der Waals surface area (Å²) in [5, 5.41) is 3.04. The molecule has 0 bridgehead atoms. The van der Waals surface area contributed by atoms with Crippen LogP contribution in [0, 0.1) is 13.8 Å². The smallest absolute Gasteiger partial charge is 0.317 e. The van der Waals surface area contributed by atoms with Gasteiger partial charge in [-0.2, -0.15) is 0 Å². The Hall–Kier alpha value is -2.69.